The van der Waals surface area contributed by atoms with Gasteiger partial charge in [-0.1, -0.05) is 172 Å². The van der Waals surface area contributed by atoms with Crippen LogP contribution in [0.3, 0.4) is 0 Å². The SMILES string of the molecule is CCCCCCCCCCCC/C=C/CC/C=C/CC/C=C/C(O)C(CO)NC(=O)C(O)CCCCCCCCCCCC. The molecule has 5 nitrogen and oxygen atoms in total. The van der Waals surface area contributed by atoms with Gasteiger partial charge < -0.3 is 20.6 Å². The van der Waals surface area contributed by atoms with Gasteiger partial charge in [-0.3, -0.25) is 4.79 Å². The molecule has 4 N–H and O–H groups in total. The van der Waals surface area contributed by atoms with Crippen molar-refractivity contribution >= 4 is 5.91 Å². The van der Waals surface area contributed by atoms with E-state index in [1.165, 1.54) is 116 Å². The van der Waals surface area contributed by atoms with Crippen molar-refractivity contribution in [2.24, 2.45) is 0 Å². The Balaban J connectivity index is 3.80. The predicted molar refractivity (Wildman–Crippen MR) is 190 cm³/mol. The van der Waals surface area contributed by atoms with Crippen molar-refractivity contribution in [3.8, 4) is 0 Å². The lowest BCUT2D eigenvalue weighted by molar-refractivity contribution is -0.131. The van der Waals surface area contributed by atoms with Gasteiger partial charge in [0.2, 0.25) is 5.91 Å². The Hall–Kier alpha value is -1.43. The summed E-state index contributed by atoms with van der Waals surface area (Å²) in [4.78, 5) is 12.3. The molecule has 0 saturated carbocycles. The Bertz CT molecular complexity index is 690. The number of carbonyl (C=O) groups excluding carboxylic acids is 1. The number of rotatable bonds is 33. The van der Waals surface area contributed by atoms with E-state index in [9.17, 15) is 20.1 Å². The highest BCUT2D eigenvalue weighted by atomic mass is 16.3. The molecule has 0 radical (unpaired) electrons. The number of hydrogen-bond acceptors (Lipinski definition) is 4. The van der Waals surface area contributed by atoms with Crippen molar-refractivity contribution in [2.45, 2.75) is 199 Å². The van der Waals surface area contributed by atoms with E-state index < -0.39 is 24.2 Å². The zero-order valence-corrected chi connectivity index (χ0v) is 29.0. The largest absolute Gasteiger partial charge is 0.394 e. The molecule has 3 atom stereocenters. The Morgan fingerprint density at radius 2 is 0.932 bits per heavy atom. The maximum absolute atomic E-state index is 12.3. The highest BCUT2D eigenvalue weighted by molar-refractivity contribution is 5.80. The molecule has 0 aromatic carbocycles. The third-order valence-electron chi connectivity index (χ3n) is 8.46. The van der Waals surface area contributed by atoms with Gasteiger partial charge in [-0.15, -0.1) is 0 Å². The predicted octanol–water partition coefficient (Wildman–Crippen LogP) is 10.0. The van der Waals surface area contributed by atoms with Gasteiger partial charge in [0.15, 0.2) is 0 Å². The Labute approximate surface area is 273 Å². The van der Waals surface area contributed by atoms with E-state index in [1.807, 2.05) is 6.08 Å². The molecule has 258 valence electrons. The second-order valence-corrected chi connectivity index (χ2v) is 12.8. The fourth-order valence-electron chi connectivity index (χ4n) is 5.45. The fraction of sp³-hybridized carbons (Fsp3) is 0.821. The summed E-state index contributed by atoms with van der Waals surface area (Å²) < 4.78 is 0. The molecule has 3 unspecified atom stereocenters. The summed E-state index contributed by atoms with van der Waals surface area (Å²) in [5.74, 6) is -0.520. The van der Waals surface area contributed by atoms with E-state index >= 15 is 0 Å². The lowest BCUT2D eigenvalue weighted by Crippen LogP contribution is -2.48. The second kappa shape index (κ2) is 34.4. The van der Waals surface area contributed by atoms with Gasteiger partial charge in [-0.05, 0) is 44.9 Å². The first-order chi connectivity index (χ1) is 21.6. The third-order valence-corrected chi connectivity index (χ3v) is 8.46. The zero-order valence-electron chi connectivity index (χ0n) is 29.0. The first-order valence-electron chi connectivity index (χ1n) is 18.8. The van der Waals surface area contributed by atoms with Crippen molar-refractivity contribution in [2.75, 3.05) is 6.61 Å². The molecule has 1 amide bonds. The minimum absolute atomic E-state index is 0.380. The molecule has 0 aromatic heterocycles. The lowest BCUT2D eigenvalue weighted by atomic mass is 10.0. The van der Waals surface area contributed by atoms with Gasteiger partial charge in [-0.2, -0.15) is 0 Å². The van der Waals surface area contributed by atoms with Crippen LogP contribution in [0.5, 0.6) is 0 Å². The summed E-state index contributed by atoms with van der Waals surface area (Å²) >= 11 is 0. The van der Waals surface area contributed by atoms with E-state index in [-0.39, 0.29) is 6.61 Å². The minimum atomic E-state index is -1.10. The molecule has 0 aliphatic heterocycles. The van der Waals surface area contributed by atoms with Crippen molar-refractivity contribution in [1.82, 2.24) is 5.32 Å². The van der Waals surface area contributed by atoms with Crippen LogP contribution in [0.25, 0.3) is 0 Å². The zero-order chi connectivity index (χ0) is 32.4. The van der Waals surface area contributed by atoms with Crippen molar-refractivity contribution in [3.05, 3.63) is 36.5 Å². The Morgan fingerprint density at radius 3 is 1.39 bits per heavy atom. The standard InChI is InChI=1S/C39H73NO4/c1-3-5-7-9-11-13-15-16-17-18-19-20-21-22-23-24-26-27-29-31-33-37(42)36(35-41)40-39(44)38(43)34-32-30-28-25-14-12-10-8-6-4-2/h20-21,24,26,31,33,36-38,41-43H,3-19,22-23,25,27-30,32,34-35H2,1-2H3,(H,40,44)/b21-20+,26-24+,33-31+. The van der Waals surface area contributed by atoms with Gasteiger partial charge in [0.1, 0.15) is 6.10 Å². The number of amides is 1. The molecule has 0 aromatic rings. The lowest BCUT2D eigenvalue weighted by Gasteiger charge is -2.21. The molecule has 44 heavy (non-hydrogen) atoms. The van der Waals surface area contributed by atoms with E-state index in [0.717, 1.165) is 44.9 Å². The fourth-order valence-corrected chi connectivity index (χ4v) is 5.45. The highest BCUT2D eigenvalue weighted by Crippen LogP contribution is 2.13. The molecule has 0 saturated heterocycles. The number of unbranched alkanes of at least 4 members (excludes halogenated alkanes) is 21. The number of carbonyl (C=O) groups is 1. The third kappa shape index (κ3) is 29.3. The van der Waals surface area contributed by atoms with Crippen LogP contribution in [-0.4, -0.2) is 46.1 Å². The number of aliphatic hydroxyl groups excluding tert-OH is 3. The van der Waals surface area contributed by atoms with Crippen LogP contribution in [0.1, 0.15) is 181 Å². The van der Waals surface area contributed by atoms with E-state index in [4.69, 9.17) is 0 Å². The summed E-state index contributed by atoms with van der Waals surface area (Å²) in [5.41, 5.74) is 0. The van der Waals surface area contributed by atoms with Crippen LogP contribution in [0.4, 0.5) is 0 Å². The number of nitrogens with one attached hydrogen (secondary N) is 1. The molecular weight excluding hydrogens is 546 g/mol. The number of aliphatic hydroxyl groups is 3. The van der Waals surface area contributed by atoms with E-state index in [1.54, 1.807) is 6.08 Å². The van der Waals surface area contributed by atoms with E-state index in [0.29, 0.717) is 6.42 Å². The smallest absolute Gasteiger partial charge is 0.249 e. The average Bonchev–Trinajstić information content (AvgIpc) is 3.03. The average molecular weight is 620 g/mol. The van der Waals surface area contributed by atoms with Gasteiger partial charge in [-0.25, -0.2) is 0 Å². The molecule has 5 heteroatoms. The maximum Gasteiger partial charge on any atom is 0.249 e. The van der Waals surface area contributed by atoms with Gasteiger partial charge >= 0.3 is 0 Å². The first-order valence-corrected chi connectivity index (χ1v) is 18.8. The summed E-state index contributed by atoms with van der Waals surface area (Å²) in [6.45, 7) is 4.13. The van der Waals surface area contributed by atoms with E-state index in [2.05, 4.69) is 43.5 Å². The highest BCUT2D eigenvalue weighted by Gasteiger charge is 2.22. The quantitative estimate of drug-likeness (QED) is 0.0435. The number of hydrogen-bond donors (Lipinski definition) is 4. The van der Waals surface area contributed by atoms with Crippen LogP contribution >= 0.6 is 0 Å². The van der Waals surface area contributed by atoms with Crippen LogP contribution in [0.2, 0.25) is 0 Å². The Morgan fingerprint density at radius 1 is 0.545 bits per heavy atom. The summed E-state index contributed by atoms with van der Waals surface area (Å²) in [7, 11) is 0. The molecule has 0 fully saturated rings. The summed E-state index contributed by atoms with van der Waals surface area (Å²) in [6, 6.07) is -0.816. The molecule has 0 bridgehead atoms. The van der Waals surface area contributed by atoms with Crippen molar-refractivity contribution in [3.63, 3.8) is 0 Å². The van der Waals surface area contributed by atoms with Crippen LogP contribution in [0, 0.1) is 0 Å². The second-order valence-electron chi connectivity index (χ2n) is 12.8. The summed E-state index contributed by atoms with van der Waals surface area (Å²) in [6.07, 6.45) is 41.7. The molecular formula is C39H73NO4. The molecule has 0 spiro atoms. The first kappa shape index (κ1) is 42.6. The molecule has 0 rings (SSSR count). The monoisotopic (exact) mass is 620 g/mol. The van der Waals surface area contributed by atoms with Crippen LogP contribution < -0.4 is 5.32 Å². The van der Waals surface area contributed by atoms with Gasteiger partial charge in [0.05, 0.1) is 18.8 Å². The minimum Gasteiger partial charge on any atom is -0.394 e. The van der Waals surface area contributed by atoms with Crippen LogP contribution in [-0.2, 0) is 4.79 Å². The molecule has 0 aliphatic rings. The number of allylic oxidation sites excluding steroid dienone is 5. The molecule has 0 heterocycles. The normalized spacial score (nSPS) is 14.2. The van der Waals surface area contributed by atoms with Gasteiger partial charge in [0, 0.05) is 0 Å². The van der Waals surface area contributed by atoms with Crippen molar-refractivity contribution < 1.29 is 20.1 Å². The maximum atomic E-state index is 12.3. The van der Waals surface area contributed by atoms with Crippen molar-refractivity contribution in [1.29, 1.82) is 0 Å². The van der Waals surface area contributed by atoms with Gasteiger partial charge in [0.25, 0.3) is 0 Å². The topological polar surface area (TPSA) is 89.8 Å². The summed E-state index contributed by atoms with van der Waals surface area (Å²) in [5, 5.41) is 32.9. The van der Waals surface area contributed by atoms with Crippen LogP contribution in [0.15, 0.2) is 36.5 Å². The Kier molecular flexibility index (Phi) is 33.3. The molecule has 0 aliphatic carbocycles.